The minimum Gasteiger partial charge on any atom is -0.379 e. The van der Waals surface area contributed by atoms with Crippen LogP contribution in [-0.4, -0.2) is 25.7 Å². The van der Waals surface area contributed by atoms with Gasteiger partial charge in [-0.25, -0.2) is 0 Å². The van der Waals surface area contributed by atoms with Gasteiger partial charge in [0.15, 0.2) is 0 Å². The second kappa shape index (κ2) is 10.2. The minimum absolute atomic E-state index is 0.0183. The summed E-state index contributed by atoms with van der Waals surface area (Å²) in [6, 6.07) is 16.2. The number of ether oxygens (including phenoxy) is 2. The fourth-order valence-corrected chi connectivity index (χ4v) is 2.79. The first kappa shape index (κ1) is 21.1. The molecule has 0 heterocycles. The normalized spacial score (nSPS) is 11.4. The van der Waals surface area contributed by atoms with Gasteiger partial charge in [0.25, 0.3) is 0 Å². The van der Waals surface area contributed by atoms with Gasteiger partial charge in [0.2, 0.25) is 5.91 Å². The summed E-state index contributed by atoms with van der Waals surface area (Å²) in [5, 5.41) is 3.06. The van der Waals surface area contributed by atoms with Crippen molar-refractivity contribution in [1.82, 2.24) is 5.32 Å². The van der Waals surface area contributed by atoms with Crippen molar-refractivity contribution in [2.24, 2.45) is 0 Å². The van der Waals surface area contributed by atoms with Crippen molar-refractivity contribution in [3.63, 3.8) is 0 Å². The summed E-state index contributed by atoms with van der Waals surface area (Å²) in [5.74, 6) is 0.0183. The summed E-state index contributed by atoms with van der Waals surface area (Å²) in [5.41, 5.74) is 3.79. The molecule has 146 valence electrons. The van der Waals surface area contributed by atoms with Gasteiger partial charge in [0, 0.05) is 13.2 Å². The average Bonchev–Trinajstić information content (AvgIpc) is 2.66. The van der Waals surface area contributed by atoms with Crippen LogP contribution >= 0.6 is 0 Å². The number of amides is 1. The monoisotopic (exact) mass is 369 g/mol. The highest BCUT2D eigenvalue weighted by Gasteiger charge is 2.29. The molecule has 0 aliphatic carbocycles. The van der Waals surface area contributed by atoms with E-state index >= 15 is 0 Å². The van der Waals surface area contributed by atoms with Gasteiger partial charge >= 0.3 is 0 Å². The molecular formula is C23H31NO3. The maximum absolute atomic E-state index is 12.7. The van der Waals surface area contributed by atoms with Gasteiger partial charge in [-0.1, -0.05) is 54.1 Å². The number of hydrogen-bond acceptors (Lipinski definition) is 3. The Morgan fingerprint density at radius 2 is 1.67 bits per heavy atom. The Morgan fingerprint density at radius 3 is 2.37 bits per heavy atom. The van der Waals surface area contributed by atoms with Crippen molar-refractivity contribution < 1.29 is 14.3 Å². The first-order valence-electron chi connectivity index (χ1n) is 9.52. The standard InChI is InChI=1S/C23H31NO3/c1-5-26-13-14-27-17-20-8-6-7-19(15-20)16-24-22(25)23(3,4)21-11-9-18(2)10-12-21/h6-12,15H,5,13-14,16-17H2,1-4H3,(H,24,25). The maximum Gasteiger partial charge on any atom is 0.230 e. The predicted molar refractivity (Wildman–Crippen MR) is 109 cm³/mol. The summed E-state index contributed by atoms with van der Waals surface area (Å²) in [6.45, 7) is 10.9. The van der Waals surface area contributed by atoms with Crippen molar-refractivity contribution >= 4 is 5.91 Å². The molecule has 0 bridgehead atoms. The lowest BCUT2D eigenvalue weighted by Gasteiger charge is -2.24. The summed E-state index contributed by atoms with van der Waals surface area (Å²) in [6.07, 6.45) is 0. The molecule has 0 atom stereocenters. The Bertz CT molecular complexity index is 723. The quantitative estimate of drug-likeness (QED) is 0.640. The average molecular weight is 370 g/mol. The number of hydrogen-bond donors (Lipinski definition) is 1. The van der Waals surface area contributed by atoms with E-state index in [9.17, 15) is 4.79 Å². The van der Waals surface area contributed by atoms with E-state index in [1.165, 1.54) is 5.56 Å². The molecule has 27 heavy (non-hydrogen) atoms. The molecule has 0 saturated carbocycles. The van der Waals surface area contributed by atoms with E-state index in [2.05, 4.69) is 11.4 Å². The summed E-state index contributed by atoms with van der Waals surface area (Å²) in [7, 11) is 0. The summed E-state index contributed by atoms with van der Waals surface area (Å²) in [4.78, 5) is 12.7. The number of carbonyl (C=O) groups is 1. The Kier molecular flexibility index (Phi) is 8.01. The Hall–Kier alpha value is -2.17. The molecule has 4 nitrogen and oxygen atoms in total. The molecule has 2 aromatic carbocycles. The lowest BCUT2D eigenvalue weighted by Crippen LogP contribution is -2.39. The third-order valence-corrected chi connectivity index (χ3v) is 4.63. The molecule has 0 unspecified atom stereocenters. The number of nitrogens with one attached hydrogen (secondary N) is 1. The second-order valence-corrected chi connectivity index (χ2v) is 7.24. The van der Waals surface area contributed by atoms with Crippen molar-refractivity contribution in [1.29, 1.82) is 0 Å². The van der Waals surface area contributed by atoms with Crippen LogP contribution in [-0.2, 0) is 32.8 Å². The van der Waals surface area contributed by atoms with Crippen LogP contribution in [0.4, 0.5) is 0 Å². The summed E-state index contributed by atoms with van der Waals surface area (Å²) >= 11 is 0. The highest BCUT2D eigenvalue weighted by Crippen LogP contribution is 2.24. The van der Waals surface area contributed by atoms with Crippen LogP contribution in [0.3, 0.4) is 0 Å². The molecule has 1 N–H and O–H groups in total. The lowest BCUT2D eigenvalue weighted by molar-refractivity contribution is -0.125. The third kappa shape index (κ3) is 6.49. The van der Waals surface area contributed by atoms with Crippen molar-refractivity contribution in [3.05, 3.63) is 70.8 Å². The van der Waals surface area contributed by atoms with Crippen LogP contribution in [0.25, 0.3) is 0 Å². The van der Waals surface area contributed by atoms with Crippen LogP contribution in [0.1, 0.15) is 43.0 Å². The fraction of sp³-hybridized carbons (Fsp3) is 0.435. The topological polar surface area (TPSA) is 47.6 Å². The first-order valence-corrected chi connectivity index (χ1v) is 9.52. The molecule has 0 spiro atoms. The largest absolute Gasteiger partial charge is 0.379 e. The molecule has 0 aliphatic heterocycles. The molecule has 2 aromatic rings. The maximum atomic E-state index is 12.7. The van der Waals surface area contributed by atoms with Crippen molar-refractivity contribution in [2.45, 2.75) is 46.3 Å². The summed E-state index contributed by atoms with van der Waals surface area (Å²) < 4.78 is 10.9. The molecule has 2 rings (SSSR count). The molecule has 0 fully saturated rings. The zero-order valence-electron chi connectivity index (χ0n) is 16.9. The van der Waals surface area contributed by atoms with Gasteiger partial charge in [0.05, 0.1) is 25.2 Å². The van der Waals surface area contributed by atoms with E-state index in [-0.39, 0.29) is 5.91 Å². The fourth-order valence-electron chi connectivity index (χ4n) is 2.79. The van der Waals surface area contributed by atoms with E-state index in [0.717, 1.165) is 16.7 Å². The molecule has 0 saturated heterocycles. The first-order chi connectivity index (χ1) is 12.9. The lowest BCUT2D eigenvalue weighted by atomic mass is 9.83. The number of rotatable bonds is 10. The highest BCUT2D eigenvalue weighted by atomic mass is 16.5. The van der Waals surface area contributed by atoms with Crippen LogP contribution < -0.4 is 5.32 Å². The van der Waals surface area contributed by atoms with Crippen LogP contribution in [0, 0.1) is 6.92 Å². The minimum atomic E-state index is -0.576. The number of carbonyl (C=O) groups excluding carboxylic acids is 1. The van der Waals surface area contributed by atoms with Gasteiger partial charge < -0.3 is 14.8 Å². The molecule has 0 aromatic heterocycles. The van der Waals surface area contributed by atoms with Gasteiger partial charge in [-0.3, -0.25) is 4.79 Å². The molecule has 0 aliphatic rings. The Labute approximate surface area is 162 Å². The molecule has 4 heteroatoms. The van der Waals surface area contributed by atoms with Crippen LogP contribution in [0.15, 0.2) is 48.5 Å². The SMILES string of the molecule is CCOCCOCc1cccc(CNC(=O)C(C)(C)c2ccc(C)cc2)c1. The molecule has 1 amide bonds. The highest BCUT2D eigenvalue weighted by molar-refractivity contribution is 5.87. The van der Waals surface area contributed by atoms with Gasteiger partial charge in [-0.05, 0) is 44.4 Å². The zero-order valence-corrected chi connectivity index (χ0v) is 16.9. The van der Waals surface area contributed by atoms with Crippen molar-refractivity contribution in [2.75, 3.05) is 19.8 Å². The number of benzene rings is 2. The zero-order chi connectivity index (χ0) is 19.7. The smallest absolute Gasteiger partial charge is 0.230 e. The van der Waals surface area contributed by atoms with E-state index in [0.29, 0.717) is 33.0 Å². The van der Waals surface area contributed by atoms with Gasteiger partial charge in [0.1, 0.15) is 0 Å². The second-order valence-electron chi connectivity index (χ2n) is 7.24. The van der Waals surface area contributed by atoms with Gasteiger partial charge in [-0.2, -0.15) is 0 Å². The van der Waals surface area contributed by atoms with E-state index in [1.807, 2.05) is 70.2 Å². The Balaban J connectivity index is 1.89. The predicted octanol–water partition coefficient (Wildman–Crippen LogP) is 4.14. The Morgan fingerprint density at radius 1 is 1.00 bits per heavy atom. The van der Waals surface area contributed by atoms with E-state index in [1.54, 1.807) is 0 Å². The molecule has 0 radical (unpaired) electrons. The van der Waals surface area contributed by atoms with Gasteiger partial charge in [-0.15, -0.1) is 0 Å². The third-order valence-electron chi connectivity index (χ3n) is 4.63. The number of aryl methyl sites for hydroxylation is 1. The van der Waals surface area contributed by atoms with E-state index < -0.39 is 5.41 Å². The van der Waals surface area contributed by atoms with E-state index in [4.69, 9.17) is 9.47 Å². The van der Waals surface area contributed by atoms with Crippen molar-refractivity contribution in [3.8, 4) is 0 Å². The van der Waals surface area contributed by atoms with Crippen LogP contribution in [0.2, 0.25) is 0 Å². The van der Waals surface area contributed by atoms with Crippen LogP contribution in [0.5, 0.6) is 0 Å². The molecular weight excluding hydrogens is 338 g/mol.